The number of rotatable bonds is 3. The van der Waals surface area contributed by atoms with E-state index in [1.807, 2.05) is 0 Å². The summed E-state index contributed by atoms with van der Waals surface area (Å²) in [4.78, 5) is 15.1. The zero-order chi connectivity index (χ0) is 15.5. The zero-order valence-corrected chi connectivity index (χ0v) is 13.8. The molecule has 5 nitrogen and oxygen atoms in total. The average molecular weight is 297 g/mol. The van der Waals surface area contributed by atoms with Crippen molar-refractivity contribution in [2.75, 3.05) is 32.8 Å². The Morgan fingerprint density at radius 1 is 1.29 bits per heavy atom. The van der Waals surface area contributed by atoms with Crippen LogP contribution in [0, 0.1) is 5.41 Å². The number of carbonyl (C=O) groups excluding carboxylic acids is 1. The summed E-state index contributed by atoms with van der Waals surface area (Å²) in [7, 11) is 0. The number of nitrogens with one attached hydrogen (secondary N) is 1. The van der Waals surface area contributed by atoms with E-state index in [-0.39, 0.29) is 11.4 Å². The van der Waals surface area contributed by atoms with Crippen molar-refractivity contribution < 1.29 is 9.53 Å². The van der Waals surface area contributed by atoms with Crippen LogP contribution in [0.4, 0.5) is 0 Å². The van der Waals surface area contributed by atoms with Gasteiger partial charge in [-0.1, -0.05) is 0 Å². The Hall–Kier alpha value is -0.650. The largest absolute Gasteiger partial charge is 0.381 e. The highest BCUT2D eigenvalue weighted by Gasteiger charge is 2.40. The highest BCUT2D eigenvalue weighted by Crippen LogP contribution is 2.30. The van der Waals surface area contributed by atoms with Gasteiger partial charge < -0.3 is 15.8 Å². The summed E-state index contributed by atoms with van der Waals surface area (Å²) < 4.78 is 5.38. The maximum absolute atomic E-state index is 12.6. The number of hydrogen-bond acceptors (Lipinski definition) is 4. The van der Waals surface area contributed by atoms with E-state index in [4.69, 9.17) is 10.5 Å². The Labute approximate surface area is 128 Å². The maximum Gasteiger partial charge on any atom is 0.227 e. The molecular formula is C16H31N3O2. The van der Waals surface area contributed by atoms with Gasteiger partial charge in [-0.3, -0.25) is 9.69 Å². The number of piperidine rings is 1. The molecule has 2 aliphatic heterocycles. The Bertz CT molecular complexity index is 351. The summed E-state index contributed by atoms with van der Waals surface area (Å²) >= 11 is 0. The standard InChI is InChI=1S/C16H31N3O2/c1-15(2,3)19-8-4-13(5-9-19)18-14(20)16(12-17)6-10-21-11-7-16/h13H,4-12,17H2,1-3H3,(H,18,20). The lowest BCUT2D eigenvalue weighted by Gasteiger charge is -2.42. The number of carbonyl (C=O) groups is 1. The van der Waals surface area contributed by atoms with Crippen LogP contribution in [0.5, 0.6) is 0 Å². The van der Waals surface area contributed by atoms with Crippen LogP contribution in [0.25, 0.3) is 0 Å². The Kier molecular flexibility index (Phi) is 5.28. The monoisotopic (exact) mass is 297 g/mol. The van der Waals surface area contributed by atoms with Crippen LogP contribution >= 0.6 is 0 Å². The Balaban J connectivity index is 1.86. The highest BCUT2D eigenvalue weighted by atomic mass is 16.5. The fraction of sp³-hybridized carbons (Fsp3) is 0.938. The average Bonchev–Trinajstić information content (AvgIpc) is 2.47. The zero-order valence-electron chi connectivity index (χ0n) is 13.8. The van der Waals surface area contributed by atoms with E-state index in [1.165, 1.54) is 0 Å². The topological polar surface area (TPSA) is 67.6 Å². The lowest BCUT2D eigenvalue weighted by molar-refractivity contribution is -0.137. The number of nitrogens with zero attached hydrogens (tertiary/aromatic N) is 1. The quantitative estimate of drug-likeness (QED) is 0.819. The van der Waals surface area contributed by atoms with Crippen molar-refractivity contribution in [1.82, 2.24) is 10.2 Å². The molecule has 0 spiro atoms. The molecule has 0 bridgehead atoms. The number of amides is 1. The molecule has 1 amide bonds. The van der Waals surface area contributed by atoms with Gasteiger partial charge in [-0.05, 0) is 46.5 Å². The van der Waals surface area contributed by atoms with Gasteiger partial charge in [-0.25, -0.2) is 0 Å². The van der Waals surface area contributed by atoms with E-state index in [9.17, 15) is 4.79 Å². The molecule has 0 unspecified atom stereocenters. The van der Waals surface area contributed by atoms with Gasteiger partial charge >= 0.3 is 0 Å². The molecule has 0 atom stereocenters. The molecule has 0 saturated carbocycles. The summed E-state index contributed by atoms with van der Waals surface area (Å²) in [5.74, 6) is 0.141. The molecule has 0 radical (unpaired) electrons. The van der Waals surface area contributed by atoms with Gasteiger partial charge in [0.1, 0.15) is 0 Å². The molecule has 2 heterocycles. The minimum Gasteiger partial charge on any atom is -0.381 e. The fourth-order valence-corrected chi connectivity index (χ4v) is 3.32. The first-order valence-electron chi connectivity index (χ1n) is 8.21. The van der Waals surface area contributed by atoms with Crippen molar-refractivity contribution in [1.29, 1.82) is 0 Å². The second-order valence-electron chi connectivity index (χ2n) is 7.50. The van der Waals surface area contributed by atoms with E-state index < -0.39 is 5.41 Å². The SMILES string of the molecule is CC(C)(C)N1CCC(NC(=O)C2(CN)CCOCC2)CC1. The van der Waals surface area contributed by atoms with Crippen molar-refractivity contribution in [3.05, 3.63) is 0 Å². The third kappa shape index (κ3) is 3.96. The van der Waals surface area contributed by atoms with Gasteiger partial charge in [0, 0.05) is 44.4 Å². The van der Waals surface area contributed by atoms with E-state index >= 15 is 0 Å². The molecule has 0 aliphatic carbocycles. The molecule has 21 heavy (non-hydrogen) atoms. The van der Waals surface area contributed by atoms with Gasteiger partial charge in [0.2, 0.25) is 5.91 Å². The molecule has 2 saturated heterocycles. The van der Waals surface area contributed by atoms with Crippen LogP contribution < -0.4 is 11.1 Å². The van der Waals surface area contributed by atoms with Crippen molar-refractivity contribution in [3.8, 4) is 0 Å². The lowest BCUT2D eigenvalue weighted by atomic mass is 9.79. The molecule has 0 aromatic heterocycles. The van der Waals surface area contributed by atoms with Crippen LogP contribution in [0.3, 0.4) is 0 Å². The third-order valence-electron chi connectivity index (χ3n) is 5.10. The van der Waals surface area contributed by atoms with Gasteiger partial charge in [0.15, 0.2) is 0 Å². The summed E-state index contributed by atoms with van der Waals surface area (Å²) in [5, 5.41) is 3.25. The molecule has 0 aromatic rings. The molecule has 2 aliphatic rings. The van der Waals surface area contributed by atoms with E-state index in [0.29, 0.717) is 25.8 Å². The number of ether oxygens (including phenoxy) is 1. The van der Waals surface area contributed by atoms with Gasteiger partial charge in [0.25, 0.3) is 0 Å². The van der Waals surface area contributed by atoms with Crippen molar-refractivity contribution >= 4 is 5.91 Å². The summed E-state index contributed by atoms with van der Waals surface area (Å²) in [5.41, 5.74) is 5.71. The first-order chi connectivity index (χ1) is 9.87. The minimum absolute atomic E-state index is 0.141. The van der Waals surface area contributed by atoms with Gasteiger partial charge in [0.05, 0.1) is 5.41 Å². The molecular weight excluding hydrogens is 266 g/mol. The Morgan fingerprint density at radius 2 is 1.86 bits per heavy atom. The van der Waals surface area contributed by atoms with Gasteiger partial charge in [-0.2, -0.15) is 0 Å². The van der Waals surface area contributed by atoms with Crippen molar-refractivity contribution in [3.63, 3.8) is 0 Å². The van der Waals surface area contributed by atoms with E-state index in [2.05, 4.69) is 31.0 Å². The predicted molar refractivity (Wildman–Crippen MR) is 84.0 cm³/mol. The molecule has 2 fully saturated rings. The summed E-state index contributed by atoms with van der Waals surface area (Å²) in [6.07, 6.45) is 3.55. The first kappa shape index (κ1) is 16.7. The lowest BCUT2D eigenvalue weighted by Crippen LogP contribution is -2.55. The maximum atomic E-state index is 12.6. The smallest absolute Gasteiger partial charge is 0.227 e. The van der Waals surface area contributed by atoms with Crippen LogP contribution in [-0.2, 0) is 9.53 Å². The van der Waals surface area contributed by atoms with Gasteiger partial charge in [-0.15, -0.1) is 0 Å². The molecule has 122 valence electrons. The van der Waals surface area contributed by atoms with Crippen LogP contribution in [0.1, 0.15) is 46.5 Å². The molecule has 0 aromatic carbocycles. The van der Waals surface area contributed by atoms with Crippen molar-refractivity contribution in [2.45, 2.75) is 58.0 Å². The minimum atomic E-state index is -0.403. The molecule has 2 rings (SSSR count). The van der Waals surface area contributed by atoms with E-state index in [0.717, 1.165) is 38.8 Å². The van der Waals surface area contributed by atoms with Crippen LogP contribution in [0.15, 0.2) is 0 Å². The molecule has 3 N–H and O–H groups in total. The second-order valence-corrected chi connectivity index (χ2v) is 7.50. The molecule has 5 heteroatoms. The first-order valence-corrected chi connectivity index (χ1v) is 8.21. The predicted octanol–water partition coefficient (Wildman–Crippen LogP) is 1.12. The van der Waals surface area contributed by atoms with Crippen LogP contribution in [0.2, 0.25) is 0 Å². The fourth-order valence-electron chi connectivity index (χ4n) is 3.32. The van der Waals surface area contributed by atoms with E-state index in [1.54, 1.807) is 0 Å². The van der Waals surface area contributed by atoms with Crippen molar-refractivity contribution in [2.24, 2.45) is 11.1 Å². The number of nitrogens with two attached hydrogens (primary N) is 1. The third-order valence-corrected chi connectivity index (χ3v) is 5.10. The Morgan fingerprint density at radius 3 is 2.33 bits per heavy atom. The summed E-state index contributed by atoms with van der Waals surface area (Å²) in [6.45, 7) is 10.6. The highest BCUT2D eigenvalue weighted by molar-refractivity contribution is 5.83. The normalized spacial score (nSPS) is 24.8. The summed E-state index contributed by atoms with van der Waals surface area (Å²) in [6, 6.07) is 0.294. The number of likely N-dealkylation sites (tertiary alicyclic amines) is 1. The second kappa shape index (κ2) is 6.63. The van der Waals surface area contributed by atoms with Crippen LogP contribution in [-0.4, -0.2) is 55.2 Å². The number of hydrogen-bond donors (Lipinski definition) is 2.